The van der Waals surface area contributed by atoms with E-state index in [1.807, 2.05) is 18.7 Å². The Kier molecular flexibility index (Phi) is 4.50. The van der Waals surface area contributed by atoms with E-state index in [0.29, 0.717) is 30.6 Å². The number of nitrogens with one attached hydrogen (secondary N) is 1. The number of carbonyl (C=O) groups excluding carboxylic acids is 1. The van der Waals surface area contributed by atoms with Gasteiger partial charge in [0.1, 0.15) is 10.7 Å². The van der Waals surface area contributed by atoms with Gasteiger partial charge in [0.2, 0.25) is 5.91 Å². The van der Waals surface area contributed by atoms with Crippen LogP contribution in [0.25, 0.3) is 10.2 Å². The van der Waals surface area contributed by atoms with E-state index in [1.54, 1.807) is 0 Å². The van der Waals surface area contributed by atoms with Gasteiger partial charge < -0.3 is 15.6 Å². The van der Waals surface area contributed by atoms with Gasteiger partial charge in [-0.25, -0.2) is 4.98 Å². The molecule has 1 fully saturated rings. The van der Waals surface area contributed by atoms with Gasteiger partial charge in [0.25, 0.3) is 5.56 Å². The first-order valence-corrected chi connectivity index (χ1v) is 8.81. The van der Waals surface area contributed by atoms with Crippen LogP contribution >= 0.6 is 11.3 Å². The van der Waals surface area contributed by atoms with E-state index in [1.165, 1.54) is 11.3 Å². The van der Waals surface area contributed by atoms with Crippen molar-refractivity contribution in [2.75, 3.05) is 13.1 Å². The summed E-state index contributed by atoms with van der Waals surface area (Å²) in [6.07, 6.45) is 2.81. The highest BCUT2D eigenvalue weighted by Crippen LogP contribution is 2.26. The lowest BCUT2D eigenvalue weighted by Crippen LogP contribution is -2.40. The summed E-state index contributed by atoms with van der Waals surface area (Å²) in [6.45, 7) is 5.23. The van der Waals surface area contributed by atoms with E-state index >= 15 is 0 Å². The summed E-state index contributed by atoms with van der Waals surface area (Å²) in [6, 6.07) is 0.166. The molecule has 1 atom stereocenters. The highest BCUT2D eigenvalue weighted by Gasteiger charge is 2.27. The molecule has 0 saturated carbocycles. The first-order valence-electron chi connectivity index (χ1n) is 7.99. The predicted octanol–water partition coefficient (Wildman–Crippen LogP) is 1.48. The molecule has 0 spiro atoms. The number of aromatic amines is 1. The molecule has 1 saturated heterocycles. The van der Waals surface area contributed by atoms with Gasteiger partial charge in [0, 0.05) is 36.9 Å². The first kappa shape index (κ1) is 16.1. The largest absolute Gasteiger partial charge is 0.338 e. The topological polar surface area (TPSA) is 92.1 Å². The normalized spacial score (nSPS) is 18.0. The molecule has 3 rings (SSSR count). The molecule has 2 aromatic rings. The smallest absolute Gasteiger partial charge is 0.259 e. The molecule has 1 amide bonds. The van der Waals surface area contributed by atoms with Crippen molar-refractivity contribution in [3.05, 3.63) is 26.6 Å². The molecule has 7 heteroatoms. The number of carbonyl (C=O) groups is 1. The second kappa shape index (κ2) is 6.41. The molecule has 2 aromatic heterocycles. The Morgan fingerprint density at radius 1 is 1.48 bits per heavy atom. The third-order valence-electron chi connectivity index (χ3n) is 4.63. The summed E-state index contributed by atoms with van der Waals surface area (Å²) in [4.78, 5) is 35.7. The second-order valence-electron chi connectivity index (χ2n) is 6.09. The summed E-state index contributed by atoms with van der Waals surface area (Å²) >= 11 is 1.53. The Labute approximate surface area is 138 Å². The van der Waals surface area contributed by atoms with Gasteiger partial charge in [-0.2, -0.15) is 0 Å². The van der Waals surface area contributed by atoms with E-state index in [-0.39, 0.29) is 17.5 Å². The van der Waals surface area contributed by atoms with E-state index in [4.69, 9.17) is 5.73 Å². The summed E-state index contributed by atoms with van der Waals surface area (Å²) in [5.41, 5.74) is 6.59. The van der Waals surface area contributed by atoms with Crippen molar-refractivity contribution in [2.24, 2.45) is 5.73 Å². The quantitative estimate of drug-likeness (QED) is 0.886. The van der Waals surface area contributed by atoms with Crippen LogP contribution in [0.4, 0.5) is 0 Å². The molecule has 0 aromatic carbocycles. The van der Waals surface area contributed by atoms with E-state index in [0.717, 1.165) is 34.7 Å². The summed E-state index contributed by atoms with van der Waals surface area (Å²) < 4.78 is 0. The Hall–Kier alpha value is -1.73. The molecular formula is C16H22N4O2S. The maximum absolute atomic E-state index is 12.3. The Bertz CT molecular complexity index is 795. The predicted molar refractivity (Wildman–Crippen MR) is 91.8 cm³/mol. The van der Waals surface area contributed by atoms with Gasteiger partial charge in [0.15, 0.2) is 0 Å². The minimum Gasteiger partial charge on any atom is -0.338 e. The van der Waals surface area contributed by atoms with Crippen molar-refractivity contribution in [3.8, 4) is 0 Å². The molecule has 124 valence electrons. The number of hydrogen-bond donors (Lipinski definition) is 2. The highest BCUT2D eigenvalue weighted by atomic mass is 32.1. The molecule has 1 aliphatic rings. The van der Waals surface area contributed by atoms with Crippen LogP contribution in [-0.2, 0) is 11.2 Å². The van der Waals surface area contributed by atoms with Crippen molar-refractivity contribution in [1.29, 1.82) is 0 Å². The number of hydrogen-bond acceptors (Lipinski definition) is 5. The van der Waals surface area contributed by atoms with Crippen molar-refractivity contribution in [2.45, 2.75) is 45.6 Å². The number of nitrogens with zero attached hydrogens (tertiary/aromatic N) is 2. The van der Waals surface area contributed by atoms with Crippen LogP contribution in [0.3, 0.4) is 0 Å². The van der Waals surface area contributed by atoms with Crippen LogP contribution in [0.1, 0.15) is 35.5 Å². The fraction of sp³-hybridized carbons (Fsp3) is 0.562. The number of rotatable bonds is 4. The maximum Gasteiger partial charge on any atom is 0.259 e. The fourth-order valence-electron chi connectivity index (χ4n) is 3.20. The summed E-state index contributed by atoms with van der Waals surface area (Å²) in [7, 11) is 0. The average molecular weight is 334 g/mol. The second-order valence-corrected chi connectivity index (χ2v) is 7.30. The molecule has 1 unspecified atom stereocenters. The first-order chi connectivity index (χ1) is 11.0. The van der Waals surface area contributed by atoms with Gasteiger partial charge in [0.05, 0.1) is 5.39 Å². The Morgan fingerprint density at radius 3 is 3.00 bits per heavy atom. The Balaban J connectivity index is 1.75. The van der Waals surface area contributed by atoms with Gasteiger partial charge in [-0.05, 0) is 32.3 Å². The zero-order chi connectivity index (χ0) is 16.6. The third kappa shape index (κ3) is 3.03. The standard InChI is InChI=1S/C16H22N4O2S/c1-9-10(2)23-16-14(9)15(22)18-12(19-16)5-6-13(21)20-7-3-4-11(20)8-17/h11H,3-8,17H2,1-2H3,(H,18,19,22). The van der Waals surface area contributed by atoms with Crippen LogP contribution in [-0.4, -0.2) is 39.9 Å². The van der Waals surface area contributed by atoms with Crippen LogP contribution < -0.4 is 11.3 Å². The molecule has 0 aliphatic carbocycles. The summed E-state index contributed by atoms with van der Waals surface area (Å²) in [5.74, 6) is 0.680. The average Bonchev–Trinajstić information content (AvgIpc) is 3.10. The zero-order valence-electron chi connectivity index (χ0n) is 13.5. The number of aromatic nitrogens is 2. The zero-order valence-corrected chi connectivity index (χ0v) is 14.3. The Morgan fingerprint density at radius 2 is 2.26 bits per heavy atom. The van der Waals surface area contributed by atoms with Crippen molar-refractivity contribution in [3.63, 3.8) is 0 Å². The van der Waals surface area contributed by atoms with E-state index in [9.17, 15) is 9.59 Å². The molecule has 23 heavy (non-hydrogen) atoms. The molecule has 6 nitrogen and oxygen atoms in total. The molecule has 3 N–H and O–H groups in total. The number of H-pyrrole nitrogens is 1. The molecule has 0 radical (unpaired) electrons. The van der Waals surface area contributed by atoms with E-state index in [2.05, 4.69) is 9.97 Å². The number of aryl methyl sites for hydroxylation is 3. The highest BCUT2D eigenvalue weighted by molar-refractivity contribution is 7.18. The number of fused-ring (bicyclic) bond motifs is 1. The lowest BCUT2D eigenvalue weighted by atomic mass is 10.2. The fourth-order valence-corrected chi connectivity index (χ4v) is 4.24. The number of amides is 1. The SMILES string of the molecule is Cc1sc2nc(CCC(=O)N3CCCC3CN)[nH]c(=O)c2c1C. The monoisotopic (exact) mass is 334 g/mol. The van der Waals surface area contributed by atoms with Gasteiger partial charge in [-0.15, -0.1) is 11.3 Å². The van der Waals surface area contributed by atoms with Gasteiger partial charge >= 0.3 is 0 Å². The summed E-state index contributed by atoms with van der Waals surface area (Å²) in [5, 5.41) is 0.672. The number of nitrogens with two attached hydrogens (primary N) is 1. The van der Waals surface area contributed by atoms with Gasteiger partial charge in [-0.1, -0.05) is 0 Å². The van der Waals surface area contributed by atoms with Crippen LogP contribution in [0.5, 0.6) is 0 Å². The molecule has 1 aliphatic heterocycles. The van der Waals surface area contributed by atoms with Crippen LogP contribution in [0, 0.1) is 13.8 Å². The minimum atomic E-state index is -0.111. The van der Waals surface area contributed by atoms with Crippen molar-refractivity contribution < 1.29 is 4.79 Å². The number of thiophene rings is 1. The number of likely N-dealkylation sites (tertiary alicyclic amines) is 1. The minimum absolute atomic E-state index is 0.0965. The van der Waals surface area contributed by atoms with Crippen molar-refractivity contribution in [1.82, 2.24) is 14.9 Å². The van der Waals surface area contributed by atoms with Crippen molar-refractivity contribution >= 4 is 27.5 Å². The van der Waals surface area contributed by atoms with Gasteiger partial charge in [-0.3, -0.25) is 9.59 Å². The lowest BCUT2D eigenvalue weighted by Gasteiger charge is -2.23. The lowest BCUT2D eigenvalue weighted by molar-refractivity contribution is -0.131. The van der Waals surface area contributed by atoms with Crippen LogP contribution in [0.15, 0.2) is 4.79 Å². The molecule has 0 bridgehead atoms. The third-order valence-corrected chi connectivity index (χ3v) is 5.73. The molecular weight excluding hydrogens is 312 g/mol. The maximum atomic E-state index is 12.3. The van der Waals surface area contributed by atoms with E-state index < -0.39 is 0 Å². The van der Waals surface area contributed by atoms with Crippen LogP contribution in [0.2, 0.25) is 0 Å². The molecule has 3 heterocycles.